The highest BCUT2D eigenvalue weighted by molar-refractivity contribution is 5.89. The van der Waals surface area contributed by atoms with Crippen LogP contribution < -0.4 is 0 Å². The van der Waals surface area contributed by atoms with Gasteiger partial charge in [-0.2, -0.15) is 13.2 Å². The summed E-state index contributed by atoms with van der Waals surface area (Å²) >= 11 is 0. The Labute approximate surface area is 144 Å². The number of halogens is 3. The van der Waals surface area contributed by atoms with Gasteiger partial charge in [-0.25, -0.2) is 0 Å². The lowest BCUT2D eigenvalue weighted by Gasteiger charge is -1.99. The fourth-order valence-electron chi connectivity index (χ4n) is 0.533. The van der Waals surface area contributed by atoms with E-state index in [0.29, 0.717) is 5.56 Å². The molecule has 0 spiro atoms. The second kappa shape index (κ2) is 14.6. The Balaban J connectivity index is -0.000000275. The molecule has 0 saturated carbocycles. The van der Waals surface area contributed by atoms with Gasteiger partial charge in [0.1, 0.15) is 5.76 Å². The first-order valence-corrected chi connectivity index (χ1v) is 6.50. The normalized spacial score (nSPS) is 8.68. The minimum atomic E-state index is -4.64. The fourth-order valence-corrected chi connectivity index (χ4v) is 0.533. The molecule has 1 rings (SSSR count). The molecule has 0 aromatic carbocycles. The summed E-state index contributed by atoms with van der Waals surface area (Å²) in [6.45, 7) is 15.1. The molecule has 0 aliphatic carbocycles. The predicted octanol–water partition coefficient (Wildman–Crippen LogP) is 5.07. The van der Waals surface area contributed by atoms with Crippen molar-refractivity contribution in [2.75, 3.05) is 0 Å². The molecule has 0 aliphatic rings. The third-order valence-corrected chi connectivity index (χ3v) is 1.73. The molecule has 0 fully saturated rings. The number of carbonyl (C=O) groups is 1. The molecule has 8 heteroatoms. The quantitative estimate of drug-likeness (QED) is 0.389. The number of rotatable bonds is 2. The maximum absolute atomic E-state index is 10.8. The summed E-state index contributed by atoms with van der Waals surface area (Å²) in [6.07, 6.45) is 0.314. The van der Waals surface area contributed by atoms with E-state index in [1.807, 2.05) is 6.92 Å². The Hall–Kier alpha value is -3.03. The molecule has 0 unspecified atom stereocenters. The molecule has 0 bridgehead atoms. The van der Waals surface area contributed by atoms with E-state index in [2.05, 4.69) is 31.3 Å². The molecule has 1 aromatic heterocycles. The van der Waals surface area contributed by atoms with Crippen molar-refractivity contribution >= 4 is 11.5 Å². The van der Waals surface area contributed by atoms with Crippen LogP contribution in [0.15, 0.2) is 68.4 Å². The first kappa shape index (κ1) is 26.8. The molecule has 1 aromatic rings. The molecule has 0 atom stereocenters. The van der Waals surface area contributed by atoms with E-state index < -0.39 is 11.9 Å². The second-order valence-corrected chi connectivity index (χ2v) is 4.04. The summed E-state index contributed by atoms with van der Waals surface area (Å²) in [5.41, 5.74) is 0.664. The van der Waals surface area contributed by atoms with Gasteiger partial charge in [0.25, 0.3) is 0 Å². The number of allylic oxidation sites excluding steroid dienone is 3. The van der Waals surface area contributed by atoms with Crippen molar-refractivity contribution in [1.29, 1.82) is 0 Å². The van der Waals surface area contributed by atoms with Crippen molar-refractivity contribution in [2.45, 2.75) is 20.0 Å². The summed E-state index contributed by atoms with van der Waals surface area (Å²) in [7, 11) is 0. The molecule has 3 N–H and O–H groups in total. The number of hydrogen-bond acceptors (Lipinski definition) is 5. The number of aliphatic hydroxyl groups excluding tert-OH is 3. The highest BCUT2D eigenvalue weighted by Crippen LogP contribution is 2.20. The highest BCUT2D eigenvalue weighted by atomic mass is 19.4. The zero-order chi connectivity index (χ0) is 20.6. The van der Waals surface area contributed by atoms with Crippen LogP contribution in [-0.2, 0) is 4.79 Å². The van der Waals surface area contributed by atoms with E-state index in [4.69, 9.17) is 15.3 Å². The third kappa shape index (κ3) is 21.0. The van der Waals surface area contributed by atoms with Crippen molar-refractivity contribution < 1.29 is 33.3 Å². The van der Waals surface area contributed by atoms with Gasteiger partial charge in [0.15, 0.2) is 17.3 Å². The molecule has 140 valence electrons. The van der Waals surface area contributed by atoms with Crippen LogP contribution in [0.3, 0.4) is 0 Å². The van der Waals surface area contributed by atoms with E-state index in [0.717, 1.165) is 0 Å². The van der Waals surface area contributed by atoms with Crippen LogP contribution in [0.4, 0.5) is 13.2 Å². The average molecular weight is 361 g/mol. The monoisotopic (exact) mass is 361 g/mol. The van der Waals surface area contributed by atoms with Crippen LogP contribution in [0.25, 0.3) is 5.76 Å². The topological polar surface area (TPSA) is 90.7 Å². The molecule has 5 nitrogen and oxygen atoms in total. The van der Waals surface area contributed by atoms with Crippen LogP contribution in [-0.4, -0.2) is 32.3 Å². The van der Waals surface area contributed by atoms with Crippen LogP contribution in [0, 0.1) is 0 Å². The Kier molecular flexibility index (Phi) is 15.6. The lowest BCUT2D eigenvalue weighted by atomic mass is 10.3. The van der Waals surface area contributed by atoms with E-state index in [1.54, 1.807) is 30.6 Å². The Bertz CT molecular complexity index is 555. The molecule has 25 heavy (non-hydrogen) atoms. The van der Waals surface area contributed by atoms with Gasteiger partial charge in [-0.05, 0) is 19.1 Å². The van der Waals surface area contributed by atoms with Gasteiger partial charge in [0, 0.05) is 24.9 Å². The van der Waals surface area contributed by atoms with Gasteiger partial charge in [-0.1, -0.05) is 25.8 Å². The van der Waals surface area contributed by atoms with Gasteiger partial charge in [0.05, 0.1) is 0 Å². The Morgan fingerprint density at radius 1 is 1.20 bits per heavy atom. The first-order chi connectivity index (χ1) is 11.3. The lowest BCUT2D eigenvalue weighted by molar-refractivity contribution is -0.119. The Morgan fingerprint density at radius 2 is 1.56 bits per heavy atom. The number of hydrogen-bond donors (Lipinski definition) is 3. The number of ketones is 1. The number of Topliss-reactive ketones (excluding diaryl/α,β-unsaturated/α-hetero) is 1. The SMILES string of the molecule is C=C(O)C(C)=O.C=C(O)C(F)(F)F.C=C(O)c1cccnc1.C=CC. The van der Waals surface area contributed by atoms with Crippen LogP contribution in [0.1, 0.15) is 19.4 Å². The zero-order valence-electron chi connectivity index (χ0n) is 14.0. The lowest BCUT2D eigenvalue weighted by Crippen LogP contribution is -2.09. The predicted molar refractivity (Wildman–Crippen MR) is 92.0 cm³/mol. The van der Waals surface area contributed by atoms with E-state index in [-0.39, 0.29) is 17.3 Å². The minimum Gasteiger partial charge on any atom is -0.508 e. The second-order valence-electron chi connectivity index (χ2n) is 4.04. The summed E-state index contributed by atoms with van der Waals surface area (Å²) < 4.78 is 32.5. The summed E-state index contributed by atoms with van der Waals surface area (Å²) in [4.78, 5) is 13.6. The highest BCUT2D eigenvalue weighted by Gasteiger charge is 2.31. The number of aromatic nitrogens is 1. The summed E-state index contributed by atoms with van der Waals surface area (Å²) in [5, 5.41) is 24.4. The van der Waals surface area contributed by atoms with E-state index in [1.165, 1.54) is 6.92 Å². The third-order valence-electron chi connectivity index (χ3n) is 1.73. The number of pyridine rings is 1. The van der Waals surface area contributed by atoms with E-state index >= 15 is 0 Å². The number of aliphatic hydroxyl groups is 3. The summed E-state index contributed by atoms with van der Waals surface area (Å²) in [5.74, 6) is -2.46. The fraction of sp³-hybridized carbons (Fsp3) is 0.176. The van der Waals surface area contributed by atoms with Crippen molar-refractivity contribution in [3.8, 4) is 0 Å². The number of nitrogens with zero attached hydrogens (tertiary/aromatic N) is 1. The maximum atomic E-state index is 10.8. The van der Waals surface area contributed by atoms with Crippen LogP contribution in [0.5, 0.6) is 0 Å². The molecule has 0 saturated heterocycles. The van der Waals surface area contributed by atoms with Crippen molar-refractivity contribution in [2.24, 2.45) is 0 Å². The maximum Gasteiger partial charge on any atom is 0.448 e. The zero-order valence-corrected chi connectivity index (χ0v) is 14.0. The van der Waals surface area contributed by atoms with Crippen LogP contribution in [0.2, 0.25) is 0 Å². The minimum absolute atomic E-state index is 0.0584. The largest absolute Gasteiger partial charge is 0.508 e. The van der Waals surface area contributed by atoms with Gasteiger partial charge < -0.3 is 15.3 Å². The van der Waals surface area contributed by atoms with Gasteiger partial charge >= 0.3 is 6.18 Å². The van der Waals surface area contributed by atoms with Gasteiger partial charge in [0.2, 0.25) is 0 Å². The number of alkyl halides is 3. The smallest absolute Gasteiger partial charge is 0.448 e. The average Bonchev–Trinajstić information content (AvgIpc) is 2.49. The molecule has 1 heterocycles. The van der Waals surface area contributed by atoms with Crippen molar-refractivity contribution in [1.82, 2.24) is 4.98 Å². The molecular weight excluding hydrogens is 339 g/mol. The van der Waals surface area contributed by atoms with E-state index in [9.17, 15) is 18.0 Å². The van der Waals surface area contributed by atoms with Crippen LogP contribution >= 0.6 is 0 Å². The molecular formula is C17H22F3NO4. The Morgan fingerprint density at radius 3 is 1.68 bits per heavy atom. The first-order valence-electron chi connectivity index (χ1n) is 6.50. The van der Waals surface area contributed by atoms with Crippen molar-refractivity contribution in [3.63, 3.8) is 0 Å². The van der Waals surface area contributed by atoms with Crippen molar-refractivity contribution in [3.05, 3.63) is 74.0 Å². The standard InChI is InChI=1S/C7H7NO.C4H6O2.C3H3F3O.C3H6/c1-6(9)7-3-2-4-8-5-7;1-3(5)4(2)6;1-2(7)3(4,5)6;1-3-2/h2-5,9H,1H2;5H,1H2,2H3;7H,1H2;3H,1H2,2H3. The molecule has 0 aliphatic heterocycles. The molecule has 0 radical (unpaired) electrons. The number of carbonyl (C=O) groups excluding carboxylic acids is 1. The summed E-state index contributed by atoms with van der Waals surface area (Å²) in [6, 6.07) is 3.49. The molecule has 0 amide bonds. The van der Waals surface area contributed by atoms with Gasteiger partial charge in [-0.3, -0.25) is 9.78 Å². The van der Waals surface area contributed by atoms with Gasteiger partial charge in [-0.15, -0.1) is 6.58 Å².